The zero-order valence-corrected chi connectivity index (χ0v) is 12.0. The third-order valence-corrected chi connectivity index (χ3v) is 2.79. The van der Waals surface area contributed by atoms with Crippen molar-refractivity contribution in [2.24, 2.45) is 0 Å². The van der Waals surface area contributed by atoms with Crippen LogP contribution < -0.4 is 4.90 Å². The first-order valence-corrected chi connectivity index (χ1v) is 5.24. The van der Waals surface area contributed by atoms with E-state index in [2.05, 4.69) is 23.1 Å². The van der Waals surface area contributed by atoms with Crippen LogP contribution in [-0.4, -0.2) is 37.0 Å². The molecule has 16 heavy (non-hydrogen) atoms. The second-order valence-corrected chi connectivity index (χ2v) is 3.75. The number of hydrogen-bond acceptors (Lipinski definition) is 2. The second kappa shape index (κ2) is 6.03. The van der Waals surface area contributed by atoms with Gasteiger partial charge >= 0.3 is 0 Å². The van der Waals surface area contributed by atoms with Gasteiger partial charge in [0.25, 0.3) is 0 Å². The molecule has 3 nitrogen and oxygen atoms in total. The number of piperazine rings is 1. The van der Waals surface area contributed by atoms with Crippen molar-refractivity contribution in [3.05, 3.63) is 30.3 Å². The first-order chi connectivity index (χ1) is 7.27. The van der Waals surface area contributed by atoms with Gasteiger partial charge in [-0.05, 0) is 0 Å². The molecule has 1 fully saturated rings. The monoisotopic (exact) mass is 390 g/mol. The van der Waals surface area contributed by atoms with Crippen LogP contribution in [0, 0.1) is 6.07 Å². The van der Waals surface area contributed by atoms with E-state index in [1.807, 2.05) is 17.0 Å². The van der Waals surface area contributed by atoms with Crippen molar-refractivity contribution in [2.75, 3.05) is 31.1 Å². The Bertz CT molecular complexity index is 334. The molecule has 1 aromatic rings. The fourth-order valence-electron chi connectivity index (χ4n) is 1.87. The van der Waals surface area contributed by atoms with E-state index >= 15 is 0 Å². The van der Waals surface area contributed by atoms with Gasteiger partial charge in [0, 0.05) is 53.5 Å². The molecule has 0 atom stereocenters. The summed E-state index contributed by atoms with van der Waals surface area (Å²) in [5.74, 6) is 0.177. The van der Waals surface area contributed by atoms with E-state index in [4.69, 9.17) is 0 Å². The largest absolute Gasteiger partial charge is 0.390 e. The van der Waals surface area contributed by atoms with Crippen molar-refractivity contribution in [1.29, 1.82) is 0 Å². The molecule has 0 spiro atoms. The molecular formula is C12H15N2ORe-. The summed E-state index contributed by atoms with van der Waals surface area (Å²) < 4.78 is 0. The summed E-state index contributed by atoms with van der Waals surface area (Å²) in [4.78, 5) is 15.3. The average Bonchev–Trinajstić information content (AvgIpc) is 2.30. The van der Waals surface area contributed by atoms with E-state index in [0.717, 1.165) is 26.2 Å². The Labute approximate surface area is 110 Å². The van der Waals surface area contributed by atoms with Crippen LogP contribution in [0.5, 0.6) is 0 Å². The molecule has 1 amide bonds. The van der Waals surface area contributed by atoms with E-state index in [9.17, 15) is 4.79 Å². The number of anilines is 1. The molecule has 1 radical (unpaired) electrons. The maximum atomic E-state index is 11.1. The smallest absolute Gasteiger partial charge is 0.219 e. The quantitative estimate of drug-likeness (QED) is 0.673. The molecule has 0 saturated carbocycles. The van der Waals surface area contributed by atoms with Crippen LogP contribution in [0.2, 0.25) is 0 Å². The molecule has 1 aliphatic heterocycles. The fraction of sp³-hybridized carbons (Fsp3) is 0.417. The number of nitrogens with zero attached hydrogens (tertiary/aromatic N) is 2. The average molecular weight is 389 g/mol. The molecule has 2 rings (SSSR count). The predicted octanol–water partition coefficient (Wildman–Crippen LogP) is 1.15. The minimum atomic E-state index is 0. The molecule has 0 aliphatic carbocycles. The Morgan fingerprint density at radius 3 is 2.25 bits per heavy atom. The van der Waals surface area contributed by atoms with Gasteiger partial charge in [0.2, 0.25) is 5.91 Å². The van der Waals surface area contributed by atoms with Gasteiger partial charge in [0.1, 0.15) is 0 Å². The zero-order chi connectivity index (χ0) is 10.7. The number of hydrogen-bond donors (Lipinski definition) is 0. The van der Waals surface area contributed by atoms with Crippen molar-refractivity contribution < 1.29 is 25.2 Å². The van der Waals surface area contributed by atoms with Gasteiger partial charge in [-0.2, -0.15) is 18.2 Å². The summed E-state index contributed by atoms with van der Waals surface area (Å²) in [5, 5.41) is 0. The maximum absolute atomic E-state index is 11.1. The van der Waals surface area contributed by atoms with Crippen LogP contribution in [0.1, 0.15) is 6.92 Å². The van der Waals surface area contributed by atoms with Gasteiger partial charge in [0.15, 0.2) is 0 Å². The standard InChI is InChI=1S/C12H15N2O.Re/c1-11(15)13-7-9-14(10-8-13)12-5-3-2-4-6-12;/h3-6H,7-10H2,1H3;/q-1;. The van der Waals surface area contributed by atoms with Crippen molar-refractivity contribution >= 4 is 11.6 Å². The van der Waals surface area contributed by atoms with Crippen molar-refractivity contribution in [1.82, 2.24) is 4.90 Å². The summed E-state index contributed by atoms with van der Waals surface area (Å²) in [6.07, 6.45) is 0. The number of benzene rings is 1. The Balaban J connectivity index is 0.00000128. The normalized spacial score (nSPS) is 15.6. The van der Waals surface area contributed by atoms with Crippen molar-refractivity contribution in [2.45, 2.75) is 6.92 Å². The van der Waals surface area contributed by atoms with Crippen LogP contribution in [-0.2, 0) is 25.2 Å². The summed E-state index contributed by atoms with van der Waals surface area (Å²) in [7, 11) is 0. The Hall–Kier alpha value is -0.848. The molecule has 1 aliphatic rings. The molecule has 1 aromatic carbocycles. The molecule has 0 bridgehead atoms. The number of carbonyl (C=O) groups excluding carboxylic acids is 1. The predicted molar refractivity (Wildman–Crippen MR) is 59.7 cm³/mol. The van der Waals surface area contributed by atoms with E-state index in [1.165, 1.54) is 5.69 Å². The van der Waals surface area contributed by atoms with Gasteiger partial charge in [-0.15, -0.1) is 12.1 Å². The third kappa shape index (κ3) is 3.07. The van der Waals surface area contributed by atoms with E-state index in [-0.39, 0.29) is 26.3 Å². The van der Waals surface area contributed by atoms with Crippen molar-refractivity contribution in [3.63, 3.8) is 0 Å². The first kappa shape index (κ1) is 13.2. The molecular weight excluding hydrogens is 374 g/mol. The Kier molecular flexibility index (Phi) is 4.98. The SMILES string of the molecule is CC(=O)N1CCN(c2cc[c-]cc2)CC1.[Re]. The van der Waals surface area contributed by atoms with E-state index in [0.29, 0.717) is 0 Å². The number of amides is 1. The van der Waals surface area contributed by atoms with E-state index < -0.39 is 0 Å². The maximum Gasteiger partial charge on any atom is 0.219 e. The Morgan fingerprint density at radius 2 is 1.75 bits per heavy atom. The van der Waals surface area contributed by atoms with Gasteiger partial charge < -0.3 is 9.80 Å². The topological polar surface area (TPSA) is 23.6 Å². The summed E-state index contributed by atoms with van der Waals surface area (Å²) in [6.45, 7) is 5.13. The summed E-state index contributed by atoms with van der Waals surface area (Å²) in [5.41, 5.74) is 1.22. The minimum Gasteiger partial charge on any atom is -0.390 e. The second-order valence-electron chi connectivity index (χ2n) is 3.75. The minimum absolute atomic E-state index is 0. The van der Waals surface area contributed by atoms with Gasteiger partial charge in [-0.25, -0.2) is 0 Å². The molecule has 1 heterocycles. The summed E-state index contributed by atoms with van der Waals surface area (Å²) in [6, 6.07) is 11.0. The van der Waals surface area contributed by atoms with Crippen LogP contribution in [0.15, 0.2) is 24.3 Å². The van der Waals surface area contributed by atoms with Crippen LogP contribution in [0.3, 0.4) is 0 Å². The third-order valence-electron chi connectivity index (χ3n) is 2.79. The molecule has 0 N–H and O–H groups in total. The molecule has 1 saturated heterocycles. The van der Waals surface area contributed by atoms with Crippen LogP contribution in [0.4, 0.5) is 5.69 Å². The molecule has 4 heteroatoms. The first-order valence-electron chi connectivity index (χ1n) is 5.24. The molecule has 87 valence electrons. The van der Waals surface area contributed by atoms with Gasteiger partial charge in [0.05, 0.1) is 0 Å². The Morgan fingerprint density at radius 1 is 1.19 bits per heavy atom. The number of rotatable bonds is 1. The van der Waals surface area contributed by atoms with Crippen molar-refractivity contribution in [3.8, 4) is 0 Å². The van der Waals surface area contributed by atoms with Crippen LogP contribution >= 0.6 is 0 Å². The zero-order valence-electron chi connectivity index (χ0n) is 9.32. The number of carbonyl (C=O) groups is 1. The van der Waals surface area contributed by atoms with Crippen LogP contribution in [0.25, 0.3) is 0 Å². The fourth-order valence-corrected chi connectivity index (χ4v) is 1.87. The van der Waals surface area contributed by atoms with Gasteiger partial charge in [-0.1, -0.05) is 5.69 Å². The summed E-state index contributed by atoms with van der Waals surface area (Å²) >= 11 is 0. The van der Waals surface area contributed by atoms with E-state index in [1.54, 1.807) is 6.92 Å². The molecule has 0 aromatic heterocycles. The van der Waals surface area contributed by atoms with Gasteiger partial charge in [-0.3, -0.25) is 4.79 Å². The molecule has 0 unspecified atom stereocenters.